The fourth-order valence-corrected chi connectivity index (χ4v) is 2.59. The molecule has 0 atom stereocenters. The molecule has 0 bridgehead atoms. The largest absolute Gasteiger partial charge is 0.316 e. The number of hydrogen-bond acceptors (Lipinski definition) is 2. The molecular weight excluding hydrogens is 264 g/mol. The fourth-order valence-electron chi connectivity index (χ4n) is 1.72. The second-order valence-corrected chi connectivity index (χ2v) is 5.25. The maximum atomic E-state index is 13.4. The van der Waals surface area contributed by atoms with Crippen LogP contribution in [0.2, 0.25) is 0 Å². The molecule has 100 valence electrons. The van der Waals surface area contributed by atoms with E-state index in [2.05, 4.69) is 5.32 Å². The third-order valence-corrected chi connectivity index (χ3v) is 3.77. The lowest BCUT2D eigenvalue weighted by Crippen LogP contribution is -2.04. The quantitative estimate of drug-likeness (QED) is 0.831. The van der Waals surface area contributed by atoms with E-state index in [1.807, 2.05) is 31.3 Å². The maximum absolute atomic E-state index is 13.4. The van der Waals surface area contributed by atoms with Gasteiger partial charge in [-0.3, -0.25) is 0 Å². The van der Waals surface area contributed by atoms with Gasteiger partial charge in [0.15, 0.2) is 0 Å². The van der Waals surface area contributed by atoms with E-state index in [0.717, 1.165) is 17.5 Å². The summed E-state index contributed by atoms with van der Waals surface area (Å²) < 4.78 is 26.5. The van der Waals surface area contributed by atoms with Gasteiger partial charge >= 0.3 is 0 Å². The lowest BCUT2D eigenvalue weighted by atomic mass is 10.2. The fraction of sp³-hybridized carbons (Fsp3) is 0.200. The zero-order valence-electron chi connectivity index (χ0n) is 10.6. The van der Waals surface area contributed by atoms with E-state index in [4.69, 9.17) is 0 Å². The number of rotatable bonds is 5. The zero-order valence-corrected chi connectivity index (χ0v) is 11.4. The molecule has 0 unspecified atom stereocenters. The molecule has 0 saturated carbocycles. The van der Waals surface area contributed by atoms with Gasteiger partial charge in [0.1, 0.15) is 11.6 Å². The van der Waals surface area contributed by atoms with Gasteiger partial charge in [0, 0.05) is 22.8 Å². The van der Waals surface area contributed by atoms with E-state index >= 15 is 0 Å². The van der Waals surface area contributed by atoms with Crippen LogP contribution < -0.4 is 5.32 Å². The average molecular weight is 279 g/mol. The highest BCUT2D eigenvalue weighted by Gasteiger charge is 2.04. The molecule has 0 saturated heterocycles. The van der Waals surface area contributed by atoms with Gasteiger partial charge in [-0.25, -0.2) is 8.78 Å². The SMILES string of the molecule is CNCc1ccc(SCc2cc(F)ccc2F)cc1. The highest BCUT2D eigenvalue weighted by Crippen LogP contribution is 2.24. The van der Waals surface area contributed by atoms with E-state index in [0.29, 0.717) is 11.3 Å². The van der Waals surface area contributed by atoms with Crippen molar-refractivity contribution in [1.82, 2.24) is 5.32 Å². The van der Waals surface area contributed by atoms with Crippen LogP contribution in [0.3, 0.4) is 0 Å². The molecule has 0 amide bonds. The Labute approximate surface area is 116 Å². The molecule has 2 rings (SSSR count). The molecule has 0 spiro atoms. The summed E-state index contributed by atoms with van der Waals surface area (Å²) in [6.07, 6.45) is 0. The first kappa shape index (κ1) is 14.0. The van der Waals surface area contributed by atoms with Crippen LogP contribution in [0.25, 0.3) is 0 Å². The van der Waals surface area contributed by atoms with Crippen molar-refractivity contribution in [3.05, 3.63) is 65.2 Å². The summed E-state index contributed by atoms with van der Waals surface area (Å²) in [5.41, 5.74) is 1.59. The van der Waals surface area contributed by atoms with Crippen molar-refractivity contribution in [2.75, 3.05) is 7.05 Å². The summed E-state index contributed by atoms with van der Waals surface area (Å²) in [7, 11) is 1.90. The van der Waals surface area contributed by atoms with Crippen molar-refractivity contribution in [3.63, 3.8) is 0 Å². The van der Waals surface area contributed by atoms with E-state index in [1.54, 1.807) is 0 Å². The van der Waals surface area contributed by atoms with Crippen LogP contribution in [0.15, 0.2) is 47.4 Å². The Morgan fingerprint density at radius 2 is 1.79 bits per heavy atom. The summed E-state index contributed by atoms with van der Waals surface area (Å²) in [6, 6.07) is 11.6. The van der Waals surface area contributed by atoms with Crippen molar-refractivity contribution in [2.24, 2.45) is 0 Å². The van der Waals surface area contributed by atoms with Crippen LogP contribution in [-0.4, -0.2) is 7.05 Å². The number of hydrogen-bond donors (Lipinski definition) is 1. The number of benzene rings is 2. The molecule has 1 N–H and O–H groups in total. The summed E-state index contributed by atoms with van der Waals surface area (Å²) in [4.78, 5) is 1.04. The average Bonchev–Trinajstić information content (AvgIpc) is 2.42. The van der Waals surface area contributed by atoms with Crippen molar-refractivity contribution in [1.29, 1.82) is 0 Å². The molecule has 1 nitrogen and oxygen atoms in total. The van der Waals surface area contributed by atoms with Crippen LogP contribution in [0.5, 0.6) is 0 Å². The van der Waals surface area contributed by atoms with Crippen molar-refractivity contribution < 1.29 is 8.78 Å². The highest BCUT2D eigenvalue weighted by atomic mass is 32.2. The van der Waals surface area contributed by atoms with Gasteiger partial charge in [-0.15, -0.1) is 11.8 Å². The Morgan fingerprint density at radius 1 is 1.05 bits per heavy atom. The Balaban J connectivity index is 2.00. The smallest absolute Gasteiger partial charge is 0.127 e. The van der Waals surface area contributed by atoms with E-state index in [9.17, 15) is 8.78 Å². The lowest BCUT2D eigenvalue weighted by molar-refractivity contribution is 0.591. The first-order valence-electron chi connectivity index (χ1n) is 5.99. The molecule has 0 aliphatic heterocycles. The molecule has 2 aromatic carbocycles. The predicted molar refractivity (Wildman–Crippen MR) is 75.1 cm³/mol. The normalized spacial score (nSPS) is 10.7. The van der Waals surface area contributed by atoms with E-state index in [-0.39, 0.29) is 5.82 Å². The lowest BCUT2D eigenvalue weighted by Gasteiger charge is -2.05. The maximum Gasteiger partial charge on any atom is 0.127 e. The Bertz CT molecular complexity index is 540. The zero-order chi connectivity index (χ0) is 13.7. The van der Waals surface area contributed by atoms with Crippen molar-refractivity contribution in [2.45, 2.75) is 17.2 Å². The van der Waals surface area contributed by atoms with Crippen LogP contribution >= 0.6 is 11.8 Å². The molecule has 2 aromatic rings. The van der Waals surface area contributed by atoms with Gasteiger partial charge in [0.05, 0.1) is 0 Å². The summed E-state index contributed by atoms with van der Waals surface area (Å²) in [5.74, 6) is -0.336. The van der Waals surface area contributed by atoms with Gasteiger partial charge in [-0.2, -0.15) is 0 Å². The number of nitrogens with one attached hydrogen (secondary N) is 1. The Kier molecular flexibility index (Phi) is 4.93. The van der Waals surface area contributed by atoms with Crippen LogP contribution in [-0.2, 0) is 12.3 Å². The topological polar surface area (TPSA) is 12.0 Å². The van der Waals surface area contributed by atoms with Crippen LogP contribution in [0.1, 0.15) is 11.1 Å². The predicted octanol–water partition coefficient (Wildman–Crippen LogP) is 3.98. The molecule has 0 heterocycles. The third kappa shape index (κ3) is 4.04. The molecule has 0 aliphatic carbocycles. The van der Waals surface area contributed by atoms with E-state index in [1.165, 1.54) is 29.5 Å². The second-order valence-electron chi connectivity index (χ2n) is 4.20. The monoisotopic (exact) mass is 279 g/mol. The standard InChI is InChI=1S/C15H15F2NS/c1-18-9-11-2-5-14(6-3-11)19-10-12-8-13(16)4-7-15(12)17/h2-8,18H,9-10H2,1H3. The summed E-state index contributed by atoms with van der Waals surface area (Å²) in [5, 5.41) is 3.08. The number of thioether (sulfide) groups is 1. The Morgan fingerprint density at radius 3 is 2.47 bits per heavy atom. The van der Waals surface area contributed by atoms with Crippen molar-refractivity contribution >= 4 is 11.8 Å². The van der Waals surface area contributed by atoms with Gasteiger partial charge in [-0.05, 0) is 42.9 Å². The summed E-state index contributed by atoms with van der Waals surface area (Å²) in [6.45, 7) is 0.823. The minimum Gasteiger partial charge on any atom is -0.316 e. The van der Waals surface area contributed by atoms with Gasteiger partial charge < -0.3 is 5.32 Å². The molecule has 0 fully saturated rings. The van der Waals surface area contributed by atoms with Gasteiger partial charge in [0.25, 0.3) is 0 Å². The first-order chi connectivity index (χ1) is 9.19. The van der Waals surface area contributed by atoms with Crippen LogP contribution in [0, 0.1) is 11.6 Å². The molecule has 4 heteroatoms. The third-order valence-electron chi connectivity index (χ3n) is 2.71. The van der Waals surface area contributed by atoms with Crippen molar-refractivity contribution in [3.8, 4) is 0 Å². The first-order valence-corrected chi connectivity index (χ1v) is 6.98. The Hall–Kier alpha value is -1.39. The van der Waals surface area contributed by atoms with Gasteiger partial charge in [-0.1, -0.05) is 12.1 Å². The molecule has 0 aliphatic rings. The molecule has 0 radical (unpaired) electrons. The van der Waals surface area contributed by atoms with Crippen LogP contribution in [0.4, 0.5) is 8.78 Å². The highest BCUT2D eigenvalue weighted by molar-refractivity contribution is 7.98. The summed E-state index contributed by atoms with van der Waals surface area (Å²) >= 11 is 1.50. The molecule has 0 aromatic heterocycles. The van der Waals surface area contributed by atoms with E-state index < -0.39 is 5.82 Å². The molecule has 19 heavy (non-hydrogen) atoms. The number of halogens is 2. The second kappa shape index (κ2) is 6.68. The minimum absolute atomic E-state index is 0.360. The minimum atomic E-state index is -0.402. The van der Waals surface area contributed by atoms with Gasteiger partial charge in [0.2, 0.25) is 0 Å². The molecular formula is C15H15F2NS.